The van der Waals surface area contributed by atoms with Gasteiger partial charge in [0.2, 0.25) is 0 Å². The fourth-order valence-corrected chi connectivity index (χ4v) is 0.925. The van der Waals surface area contributed by atoms with Gasteiger partial charge in [0.15, 0.2) is 0 Å². The van der Waals surface area contributed by atoms with Crippen molar-refractivity contribution in [2.24, 2.45) is 0 Å². The van der Waals surface area contributed by atoms with Crippen LogP contribution in [0, 0.1) is 0 Å². The van der Waals surface area contributed by atoms with Crippen molar-refractivity contribution in [3.63, 3.8) is 0 Å². The maximum Gasteiger partial charge on any atom is 0.417 e. The second-order valence-corrected chi connectivity index (χ2v) is 2.76. The van der Waals surface area contributed by atoms with Gasteiger partial charge in [-0.15, -0.1) is 5.12 Å². The number of hydrogen-bond donors (Lipinski definition) is 1. The highest BCUT2D eigenvalue weighted by Crippen LogP contribution is 2.50. The van der Waals surface area contributed by atoms with Crippen LogP contribution < -0.4 is 0 Å². The van der Waals surface area contributed by atoms with Crippen LogP contribution in [-0.2, 0) is 4.79 Å². The third-order valence-corrected chi connectivity index (χ3v) is 1.85. The van der Waals surface area contributed by atoms with Crippen molar-refractivity contribution in [1.82, 2.24) is 5.12 Å². The smallest absolute Gasteiger partial charge is 0.417 e. The number of carbonyl (C=O) groups is 1. The molecule has 1 unspecified atom stereocenters. The Morgan fingerprint density at radius 3 is 2.07 bits per heavy atom. The molecule has 0 radical (unpaired) electrons. The van der Waals surface area contributed by atoms with E-state index in [1.807, 2.05) is 0 Å². The zero-order valence-corrected chi connectivity index (χ0v) is 6.73. The van der Waals surface area contributed by atoms with Crippen LogP contribution in [0.25, 0.3) is 0 Å². The van der Waals surface area contributed by atoms with Crippen LogP contribution in [0.4, 0.5) is 26.4 Å². The molecular formula is C6H3F6NO2. The second-order valence-electron chi connectivity index (χ2n) is 2.76. The Kier molecular flexibility index (Phi) is 2.17. The lowest BCUT2D eigenvalue weighted by Gasteiger charge is -2.38. The van der Waals surface area contributed by atoms with Gasteiger partial charge >= 0.3 is 17.9 Å². The largest absolute Gasteiger partial charge is 0.478 e. The molecular weight excluding hydrogens is 232 g/mol. The molecule has 0 amide bonds. The fraction of sp³-hybridized carbons (Fsp3) is 0.500. The SMILES string of the molecule is O=C(O)C1(F)C=CN(F)C(F)(F)C1(F)F. The van der Waals surface area contributed by atoms with Gasteiger partial charge in [-0.3, -0.25) is 0 Å². The maximum atomic E-state index is 13.0. The quantitative estimate of drug-likeness (QED) is 0.427. The zero-order valence-electron chi connectivity index (χ0n) is 6.73. The molecule has 0 aromatic heterocycles. The summed E-state index contributed by atoms with van der Waals surface area (Å²) in [6, 6.07) is -5.56. The third-order valence-electron chi connectivity index (χ3n) is 1.85. The molecule has 1 aliphatic rings. The molecule has 1 rings (SSSR count). The van der Waals surface area contributed by atoms with E-state index in [-0.39, 0.29) is 0 Å². The summed E-state index contributed by atoms with van der Waals surface area (Å²) >= 11 is 0. The Bertz CT molecular complexity index is 330. The molecule has 0 aromatic carbocycles. The first-order valence-electron chi connectivity index (χ1n) is 3.40. The number of rotatable bonds is 1. The monoisotopic (exact) mass is 235 g/mol. The van der Waals surface area contributed by atoms with Crippen LogP contribution >= 0.6 is 0 Å². The molecule has 0 aromatic rings. The van der Waals surface area contributed by atoms with E-state index in [4.69, 9.17) is 5.11 Å². The molecule has 1 atom stereocenters. The molecule has 0 aliphatic carbocycles. The number of carboxylic acids is 1. The third kappa shape index (κ3) is 1.18. The predicted molar refractivity (Wildman–Crippen MR) is 33.5 cm³/mol. The van der Waals surface area contributed by atoms with Crippen molar-refractivity contribution < 1.29 is 36.3 Å². The maximum absolute atomic E-state index is 13.0. The Morgan fingerprint density at radius 2 is 1.67 bits per heavy atom. The van der Waals surface area contributed by atoms with Crippen LogP contribution in [0.5, 0.6) is 0 Å². The Hall–Kier alpha value is -1.41. The average molecular weight is 235 g/mol. The summed E-state index contributed by atoms with van der Waals surface area (Å²) in [5.41, 5.74) is -4.64. The van der Waals surface area contributed by atoms with E-state index in [1.165, 1.54) is 0 Å². The van der Waals surface area contributed by atoms with E-state index in [9.17, 15) is 31.2 Å². The highest BCUT2D eigenvalue weighted by Gasteiger charge is 2.77. The standard InChI is InChI=1S/C6H3F6NO2/c7-4(3(14)15)1-2-13(12)6(10,11)5(4,8)9/h1-2H,(H,14,15). The van der Waals surface area contributed by atoms with Gasteiger partial charge in [-0.2, -0.15) is 17.6 Å². The van der Waals surface area contributed by atoms with Gasteiger partial charge in [0.1, 0.15) is 0 Å². The summed E-state index contributed by atoms with van der Waals surface area (Å²) in [6.07, 6.45) is -0.877. The lowest BCUT2D eigenvalue weighted by Crippen LogP contribution is -2.65. The van der Waals surface area contributed by atoms with Crippen molar-refractivity contribution in [2.75, 3.05) is 0 Å². The molecule has 0 saturated carbocycles. The second kappa shape index (κ2) is 2.80. The molecule has 1 heterocycles. The fourth-order valence-electron chi connectivity index (χ4n) is 0.925. The molecule has 1 aliphatic heterocycles. The predicted octanol–water partition coefficient (Wildman–Crippen LogP) is 1.72. The summed E-state index contributed by atoms with van der Waals surface area (Å²) in [7, 11) is 0. The minimum Gasteiger partial charge on any atom is -0.478 e. The number of nitrogens with zero attached hydrogens (tertiary/aromatic N) is 1. The van der Waals surface area contributed by atoms with Gasteiger partial charge in [0, 0.05) is 6.20 Å². The highest BCUT2D eigenvalue weighted by molar-refractivity contribution is 5.82. The van der Waals surface area contributed by atoms with Gasteiger partial charge in [-0.25, -0.2) is 9.18 Å². The van der Waals surface area contributed by atoms with E-state index >= 15 is 0 Å². The molecule has 15 heavy (non-hydrogen) atoms. The summed E-state index contributed by atoms with van der Waals surface area (Å²) in [4.78, 5) is 10.1. The number of carboxylic acid groups (broad SMARTS) is 1. The van der Waals surface area contributed by atoms with Crippen LogP contribution in [0.15, 0.2) is 12.3 Å². The van der Waals surface area contributed by atoms with Crippen LogP contribution in [0.3, 0.4) is 0 Å². The van der Waals surface area contributed by atoms with E-state index in [0.717, 1.165) is 0 Å². The van der Waals surface area contributed by atoms with Crippen molar-refractivity contribution in [3.8, 4) is 0 Å². The van der Waals surface area contributed by atoms with Crippen LogP contribution in [0.1, 0.15) is 0 Å². The molecule has 86 valence electrons. The first-order valence-corrected chi connectivity index (χ1v) is 3.40. The Labute approximate surface area is 78.5 Å². The number of hydrogen-bond acceptors (Lipinski definition) is 2. The summed E-state index contributed by atoms with van der Waals surface area (Å²) < 4.78 is 75.6. The van der Waals surface area contributed by atoms with Crippen molar-refractivity contribution in [1.29, 1.82) is 0 Å². The normalized spacial score (nSPS) is 32.8. The van der Waals surface area contributed by atoms with E-state index < -0.39 is 41.0 Å². The van der Waals surface area contributed by atoms with Gasteiger partial charge in [0.25, 0.3) is 5.67 Å². The van der Waals surface area contributed by atoms with Crippen molar-refractivity contribution in [3.05, 3.63) is 12.3 Å². The lowest BCUT2D eigenvalue weighted by molar-refractivity contribution is -0.350. The first-order chi connectivity index (χ1) is 6.57. The number of alkyl halides is 5. The topological polar surface area (TPSA) is 40.5 Å². The number of aliphatic carboxylic acids is 1. The summed E-state index contributed by atoms with van der Waals surface area (Å²) in [5.74, 6) is -8.54. The minimum absolute atomic E-state index is 0.397. The lowest BCUT2D eigenvalue weighted by atomic mass is 9.93. The molecule has 0 fully saturated rings. The average Bonchev–Trinajstić information content (AvgIpc) is 2.10. The molecule has 0 spiro atoms. The van der Waals surface area contributed by atoms with Crippen molar-refractivity contribution in [2.45, 2.75) is 17.6 Å². The Morgan fingerprint density at radius 1 is 1.20 bits per heavy atom. The van der Waals surface area contributed by atoms with Crippen LogP contribution in [0.2, 0.25) is 0 Å². The zero-order chi connectivity index (χ0) is 12.1. The molecule has 0 saturated heterocycles. The molecule has 1 N–H and O–H groups in total. The molecule has 9 heteroatoms. The minimum atomic E-state index is -5.71. The Balaban J connectivity index is 3.37. The van der Waals surface area contributed by atoms with E-state index in [0.29, 0.717) is 0 Å². The van der Waals surface area contributed by atoms with Gasteiger partial charge in [-0.1, -0.05) is 4.48 Å². The van der Waals surface area contributed by atoms with Crippen LogP contribution in [-0.4, -0.2) is 33.8 Å². The number of halogens is 6. The van der Waals surface area contributed by atoms with Gasteiger partial charge < -0.3 is 5.11 Å². The highest BCUT2D eigenvalue weighted by atomic mass is 19.3. The summed E-state index contributed by atoms with van der Waals surface area (Å²) in [5, 5.41) is 6.33. The molecule has 3 nitrogen and oxygen atoms in total. The van der Waals surface area contributed by atoms with E-state index in [2.05, 4.69) is 0 Å². The van der Waals surface area contributed by atoms with Gasteiger partial charge in [-0.05, 0) is 6.08 Å². The first kappa shape index (κ1) is 11.7. The van der Waals surface area contributed by atoms with Crippen molar-refractivity contribution >= 4 is 5.97 Å². The summed E-state index contributed by atoms with van der Waals surface area (Å²) in [6.45, 7) is 0. The van der Waals surface area contributed by atoms with Gasteiger partial charge in [0.05, 0.1) is 0 Å². The van der Waals surface area contributed by atoms with E-state index in [1.54, 1.807) is 0 Å². The molecule has 0 bridgehead atoms.